The van der Waals surface area contributed by atoms with Crippen molar-refractivity contribution in [1.29, 1.82) is 0 Å². The van der Waals surface area contributed by atoms with Crippen LogP contribution >= 0.6 is 0 Å². The first kappa shape index (κ1) is 26.6. The summed E-state index contributed by atoms with van der Waals surface area (Å²) < 4.78 is 0. The lowest BCUT2D eigenvalue weighted by atomic mass is 9.88. The quantitative estimate of drug-likeness (QED) is 0.200. The van der Waals surface area contributed by atoms with Crippen molar-refractivity contribution in [2.75, 3.05) is 0 Å². The molecule has 0 aromatic heterocycles. The lowest BCUT2D eigenvalue weighted by Crippen LogP contribution is -2.45. The number of fused-ring (bicyclic) bond motifs is 7. The first-order valence-electron chi connectivity index (χ1n) is 15.9. The molecule has 0 amide bonds. The third-order valence-corrected chi connectivity index (χ3v) is 9.34. The van der Waals surface area contributed by atoms with Crippen LogP contribution in [0, 0.1) is 0 Å². The van der Waals surface area contributed by atoms with E-state index in [9.17, 15) is 0 Å². The number of nitrogens with zero attached hydrogens (tertiary/aromatic N) is 1. The van der Waals surface area contributed by atoms with E-state index in [0.717, 1.165) is 17.0 Å². The number of benzene rings is 8. The third-order valence-electron chi connectivity index (χ3n) is 9.34. The lowest BCUT2D eigenvalue weighted by Gasteiger charge is -2.34. The molecule has 2 atom stereocenters. The first-order valence-corrected chi connectivity index (χ1v) is 15.9. The van der Waals surface area contributed by atoms with Crippen molar-refractivity contribution >= 4 is 48.9 Å². The molecule has 1 aliphatic heterocycles. The zero-order valence-corrected chi connectivity index (χ0v) is 25.2. The maximum Gasteiger partial charge on any atom is 0.131 e. The van der Waals surface area contributed by atoms with Crippen molar-refractivity contribution in [3.8, 4) is 11.1 Å². The molecule has 2 N–H and O–H groups in total. The average Bonchev–Trinajstić information content (AvgIpc) is 3.15. The van der Waals surface area contributed by atoms with Gasteiger partial charge in [0, 0.05) is 11.1 Å². The Balaban J connectivity index is 1.27. The maximum absolute atomic E-state index is 5.18. The molecule has 0 fully saturated rings. The van der Waals surface area contributed by atoms with E-state index < -0.39 is 0 Å². The number of amidine groups is 1. The van der Waals surface area contributed by atoms with Gasteiger partial charge in [-0.1, -0.05) is 158 Å². The average molecular weight is 590 g/mol. The van der Waals surface area contributed by atoms with E-state index in [-0.39, 0.29) is 12.3 Å². The van der Waals surface area contributed by atoms with Crippen molar-refractivity contribution < 1.29 is 0 Å². The van der Waals surface area contributed by atoms with Crippen LogP contribution in [0.4, 0.5) is 0 Å². The van der Waals surface area contributed by atoms with Crippen molar-refractivity contribution in [3.63, 3.8) is 0 Å². The summed E-state index contributed by atoms with van der Waals surface area (Å²) in [6, 6.07) is 58.7. The van der Waals surface area contributed by atoms with Crippen LogP contribution in [0.1, 0.15) is 29.0 Å². The van der Waals surface area contributed by atoms with Crippen LogP contribution in [0.25, 0.3) is 54.2 Å². The molecule has 2 unspecified atom stereocenters. The van der Waals surface area contributed by atoms with E-state index in [2.05, 4.69) is 168 Å². The lowest BCUT2D eigenvalue weighted by molar-refractivity contribution is 0.411. The van der Waals surface area contributed by atoms with Gasteiger partial charge < -0.3 is 5.32 Å². The molecule has 3 heteroatoms. The summed E-state index contributed by atoms with van der Waals surface area (Å²) in [7, 11) is 0. The minimum Gasteiger partial charge on any atom is -0.350 e. The van der Waals surface area contributed by atoms with Crippen LogP contribution in [0.15, 0.2) is 169 Å². The molecule has 3 nitrogen and oxygen atoms in total. The van der Waals surface area contributed by atoms with E-state index in [4.69, 9.17) is 4.99 Å². The fraction of sp³-hybridized carbons (Fsp3) is 0.0465. The fourth-order valence-electron chi connectivity index (χ4n) is 7.19. The molecule has 46 heavy (non-hydrogen) atoms. The highest BCUT2D eigenvalue weighted by Gasteiger charge is 2.28. The Kier molecular flexibility index (Phi) is 6.36. The van der Waals surface area contributed by atoms with Crippen molar-refractivity contribution in [3.05, 3.63) is 180 Å². The van der Waals surface area contributed by atoms with E-state index >= 15 is 0 Å². The van der Waals surface area contributed by atoms with Crippen molar-refractivity contribution in [2.24, 2.45) is 4.99 Å². The first-order chi connectivity index (χ1) is 22.8. The second kappa shape index (κ2) is 11.0. The van der Waals surface area contributed by atoms with Gasteiger partial charge in [-0.15, -0.1) is 0 Å². The summed E-state index contributed by atoms with van der Waals surface area (Å²) in [5, 5.41) is 17.8. The number of aliphatic imine (C=N–C) groups is 1. The zero-order valence-electron chi connectivity index (χ0n) is 25.2. The summed E-state index contributed by atoms with van der Waals surface area (Å²) in [6.07, 6.45) is -0.399. The predicted molar refractivity (Wildman–Crippen MR) is 193 cm³/mol. The molecular weight excluding hydrogens is 558 g/mol. The number of rotatable bonds is 4. The molecule has 8 aromatic carbocycles. The molecule has 0 spiro atoms. The normalized spacial score (nSPS) is 16.5. The Morgan fingerprint density at radius 3 is 1.70 bits per heavy atom. The fourth-order valence-corrected chi connectivity index (χ4v) is 7.19. The molecule has 8 aromatic rings. The highest BCUT2D eigenvalue weighted by Crippen LogP contribution is 2.40. The summed E-state index contributed by atoms with van der Waals surface area (Å²) in [5.74, 6) is 0.882. The molecule has 0 saturated carbocycles. The smallest absolute Gasteiger partial charge is 0.131 e. The van der Waals surface area contributed by atoms with E-state index in [1.165, 1.54) is 59.8 Å². The SMILES string of the molecule is c1ccc(C2=NC(c3ccccc3)NC(c3c(-c4ccc5c6ccccc6c6ccccc6c5c4)ccc4ccccc34)N2)cc1. The third kappa shape index (κ3) is 4.44. The van der Waals surface area contributed by atoms with Crippen LogP contribution in [0.3, 0.4) is 0 Å². The van der Waals surface area contributed by atoms with Crippen LogP contribution in [-0.4, -0.2) is 5.84 Å². The zero-order chi connectivity index (χ0) is 30.5. The van der Waals surface area contributed by atoms with E-state index in [0.29, 0.717) is 0 Å². The molecule has 0 bridgehead atoms. The maximum atomic E-state index is 5.18. The summed E-state index contributed by atoms with van der Waals surface area (Å²) in [5.41, 5.74) is 5.81. The highest BCUT2D eigenvalue weighted by molar-refractivity contribution is 6.25. The minimum absolute atomic E-state index is 0.192. The molecule has 0 radical (unpaired) electrons. The second-order valence-corrected chi connectivity index (χ2v) is 12.0. The molecule has 1 aliphatic rings. The van der Waals surface area contributed by atoms with Gasteiger partial charge in [0.1, 0.15) is 18.2 Å². The summed E-state index contributed by atoms with van der Waals surface area (Å²) in [6.45, 7) is 0. The highest BCUT2D eigenvalue weighted by atomic mass is 15.3. The topological polar surface area (TPSA) is 36.4 Å². The Hall–Kier alpha value is -5.77. The van der Waals surface area contributed by atoms with Gasteiger partial charge in [0.15, 0.2) is 0 Å². The van der Waals surface area contributed by atoms with Crippen LogP contribution in [-0.2, 0) is 0 Å². The largest absolute Gasteiger partial charge is 0.350 e. The van der Waals surface area contributed by atoms with Gasteiger partial charge >= 0.3 is 0 Å². The van der Waals surface area contributed by atoms with Gasteiger partial charge in [-0.05, 0) is 65.8 Å². The Morgan fingerprint density at radius 2 is 1.00 bits per heavy atom. The standard InChI is InChI=1S/C43H31N3/c1-3-14-29(15-4-1)41-44-42(30-16-5-2-6-17-30)46-43(45-41)40-32-18-8-7-13-28(32)23-25-33(40)31-24-26-38-36-21-10-9-19-34(36)35-20-11-12-22-37(35)39(38)27-31/h1-27,41,43,45H,(H,44,46). The Morgan fingerprint density at radius 1 is 0.435 bits per heavy atom. The van der Waals surface area contributed by atoms with Gasteiger partial charge in [0.05, 0.1) is 0 Å². The van der Waals surface area contributed by atoms with Crippen molar-refractivity contribution in [2.45, 2.75) is 12.3 Å². The van der Waals surface area contributed by atoms with Crippen molar-refractivity contribution in [1.82, 2.24) is 10.6 Å². The molecule has 0 saturated heterocycles. The van der Waals surface area contributed by atoms with Gasteiger partial charge in [-0.2, -0.15) is 0 Å². The Bertz CT molecular complexity index is 2390. The summed E-state index contributed by atoms with van der Waals surface area (Å²) >= 11 is 0. The molecule has 1 heterocycles. The van der Waals surface area contributed by atoms with Crippen LogP contribution in [0.5, 0.6) is 0 Å². The molecule has 9 rings (SSSR count). The Labute approximate surface area is 267 Å². The van der Waals surface area contributed by atoms with Gasteiger partial charge in [-0.3, -0.25) is 5.32 Å². The molecule has 0 aliphatic carbocycles. The van der Waals surface area contributed by atoms with Gasteiger partial charge in [0.2, 0.25) is 0 Å². The van der Waals surface area contributed by atoms with Crippen LogP contribution < -0.4 is 10.6 Å². The number of nitrogens with one attached hydrogen (secondary N) is 2. The van der Waals surface area contributed by atoms with Gasteiger partial charge in [-0.25, -0.2) is 4.99 Å². The minimum atomic E-state index is -0.207. The number of hydrogen-bond donors (Lipinski definition) is 2. The molecular formula is C43H31N3. The predicted octanol–water partition coefficient (Wildman–Crippen LogP) is 10.3. The van der Waals surface area contributed by atoms with Gasteiger partial charge in [0.25, 0.3) is 0 Å². The van der Waals surface area contributed by atoms with E-state index in [1.54, 1.807) is 0 Å². The summed E-state index contributed by atoms with van der Waals surface area (Å²) in [4.78, 5) is 5.18. The van der Waals surface area contributed by atoms with E-state index in [1.807, 2.05) is 6.07 Å². The molecule has 218 valence electrons. The second-order valence-electron chi connectivity index (χ2n) is 12.0. The van der Waals surface area contributed by atoms with Crippen LogP contribution in [0.2, 0.25) is 0 Å². The number of hydrogen-bond acceptors (Lipinski definition) is 3. The monoisotopic (exact) mass is 589 g/mol.